The summed E-state index contributed by atoms with van der Waals surface area (Å²) in [6.45, 7) is -0.808. The lowest BCUT2D eigenvalue weighted by atomic mass is 10.1. The molecular formula is C15H13N5O8S2. The van der Waals surface area contributed by atoms with Crippen LogP contribution in [0.4, 0.5) is 5.13 Å². The Labute approximate surface area is 175 Å². The number of nitrogens with one attached hydrogen (secondary N) is 2. The smallest absolute Gasteiger partial charge is 0.344 e. The fraction of sp³-hybridized carbons (Fsp3) is 0.267. The average Bonchev–Trinajstić information content (AvgIpc) is 3.16. The maximum Gasteiger partial charge on any atom is 0.344 e. The van der Waals surface area contributed by atoms with E-state index in [2.05, 4.69) is 25.6 Å². The molecule has 0 bridgehead atoms. The van der Waals surface area contributed by atoms with Gasteiger partial charge in [-0.1, -0.05) is 5.16 Å². The van der Waals surface area contributed by atoms with Crippen molar-refractivity contribution in [1.29, 1.82) is 0 Å². The largest absolute Gasteiger partial charge is 0.479 e. The van der Waals surface area contributed by atoms with Crippen molar-refractivity contribution in [3.63, 3.8) is 0 Å². The van der Waals surface area contributed by atoms with E-state index >= 15 is 0 Å². The molecule has 2 aliphatic heterocycles. The summed E-state index contributed by atoms with van der Waals surface area (Å²) in [6.07, 6.45) is 1.62. The van der Waals surface area contributed by atoms with Crippen LogP contribution in [0, 0.1) is 0 Å². The van der Waals surface area contributed by atoms with Gasteiger partial charge in [0.15, 0.2) is 10.8 Å². The van der Waals surface area contributed by atoms with Gasteiger partial charge >= 0.3 is 11.9 Å². The van der Waals surface area contributed by atoms with E-state index in [1.165, 1.54) is 28.2 Å². The van der Waals surface area contributed by atoms with Crippen LogP contribution in [0.15, 0.2) is 22.3 Å². The zero-order valence-electron chi connectivity index (χ0n) is 14.8. The number of fused-ring (bicyclic) bond motifs is 1. The normalized spacial score (nSPS) is 20.4. The Hall–Kier alpha value is -3.46. The fourth-order valence-electron chi connectivity index (χ4n) is 2.50. The van der Waals surface area contributed by atoms with E-state index in [1.54, 1.807) is 0 Å². The van der Waals surface area contributed by atoms with E-state index in [0.29, 0.717) is 6.41 Å². The summed E-state index contributed by atoms with van der Waals surface area (Å²) in [5.74, 6) is -3.65. The number of oxime groups is 1. The molecule has 4 N–H and O–H groups in total. The predicted molar refractivity (Wildman–Crippen MR) is 103 cm³/mol. The Bertz CT molecular complexity index is 974. The van der Waals surface area contributed by atoms with Crippen LogP contribution in [0.2, 0.25) is 0 Å². The molecule has 15 heteroatoms. The van der Waals surface area contributed by atoms with Crippen LogP contribution in [0.3, 0.4) is 0 Å². The fourth-order valence-corrected chi connectivity index (χ4v) is 4.40. The van der Waals surface area contributed by atoms with Crippen molar-refractivity contribution in [2.75, 3.05) is 17.7 Å². The topological polar surface area (TPSA) is 188 Å². The lowest BCUT2D eigenvalue weighted by molar-refractivity contribution is -0.144. The van der Waals surface area contributed by atoms with Crippen LogP contribution in [-0.2, 0) is 28.8 Å². The monoisotopic (exact) mass is 455 g/mol. The molecule has 3 amide bonds. The maximum absolute atomic E-state index is 12.7. The molecule has 1 unspecified atom stereocenters. The summed E-state index contributed by atoms with van der Waals surface area (Å²) in [5.41, 5.74) is -0.322. The van der Waals surface area contributed by atoms with Crippen molar-refractivity contribution in [3.8, 4) is 0 Å². The average molecular weight is 455 g/mol. The third-order valence-corrected chi connectivity index (χ3v) is 5.93. The summed E-state index contributed by atoms with van der Waals surface area (Å²) in [4.78, 5) is 67.0. The molecule has 1 aromatic heterocycles. The first kappa shape index (κ1) is 21.3. The van der Waals surface area contributed by atoms with Crippen LogP contribution in [0.5, 0.6) is 0 Å². The Kier molecular flexibility index (Phi) is 6.31. The number of thiazole rings is 1. The van der Waals surface area contributed by atoms with Crippen molar-refractivity contribution in [1.82, 2.24) is 15.2 Å². The maximum atomic E-state index is 12.7. The van der Waals surface area contributed by atoms with Crippen LogP contribution >= 0.6 is 23.1 Å². The summed E-state index contributed by atoms with van der Waals surface area (Å²) < 4.78 is 0. The third kappa shape index (κ3) is 4.41. The number of thioether (sulfide) groups is 1. The number of aliphatic carboxylic acids is 2. The second kappa shape index (κ2) is 8.91. The number of hydrogen-bond acceptors (Lipinski definition) is 10. The van der Waals surface area contributed by atoms with Gasteiger partial charge in [-0.05, 0) is 0 Å². The number of nitrogens with zero attached hydrogens (tertiary/aromatic N) is 3. The number of amides is 3. The molecule has 3 heterocycles. The Morgan fingerprint density at radius 1 is 1.40 bits per heavy atom. The number of anilines is 1. The minimum atomic E-state index is -1.32. The van der Waals surface area contributed by atoms with Crippen LogP contribution in [0.1, 0.15) is 5.69 Å². The number of carbonyl (C=O) groups is 5. The second-order valence-electron chi connectivity index (χ2n) is 5.76. The van der Waals surface area contributed by atoms with E-state index in [4.69, 9.17) is 10.2 Å². The number of carboxylic acids is 2. The predicted octanol–water partition coefficient (Wildman–Crippen LogP) is -1.11. The summed E-state index contributed by atoms with van der Waals surface area (Å²) >= 11 is 2.16. The van der Waals surface area contributed by atoms with E-state index in [1.807, 2.05) is 0 Å². The van der Waals surface area contributed by atoms with Gasteiger partial charge in [0, 0.05) is 17.3 Å². The molecule has 0 aromatic carbocycles. The highest BCUT2D eigenvalue weighted by atomic mass is 32.2. The Morgan fingerprint density at radius 3 is 2.83 bits per heavy atom. The standard InChI is InChI=1S/C15H13N5O8S2/c21-5-16-15-17-7(4-30-15)9(19-28-2-8(22)23)11(24)18-10-12(25)20-1-6(14(26)27)3-29-13(10)20/h1,4-5,10,13H,2-3H2,(H,18,24)(H,22,23)(H,26,27)(H,16,17,21)/t10?,13-/m1/s1. The molecule has 0 spiro atoms. The lowest BCUT2D eigenvalue weighted by Gasteiger charge is -2.46. The molecule has 13 nitrogen and oxygen atoms in total. The molecule has 3 rings (SSSR count). The van der Waals surface area contributed by atoms with Crippen molar-refractivity contribution in [2.24, 2.45) is 5.16 Å². The first-order valence-corrected chi connectivity index (χ1v) is 10.0. The first-order chi connectivity index (χ1) is 14.3. The van der Waals surface area contributed by atoms with Crippen LogP contribution in [0.25, 0.3) is 0 Å². The van der Waals surface area contributed by atoms with E-state index < -0.39 is 41.8 Å². The molecule has 1 aromatic rings. The van der Waals surface area contributed by atoms with Gasteiger partial charge in [0.2, 0.25) is 13.0 Å². The first-order valence-electron chi connectivity index (χ1n) is 8.08. The SMILES string of the molecule is O=CNc1nc(C(=NOCC(=O)O)C(=O)NC2C(=O)N3C=C(C(=O)O)CS[C@H]23)cs1. The molecule has 2 atom stereocenters. The minimum Gasteiger partial charge on any atom is -0.479 e. The van der Waals surface area contributed by atoms with E-state index in [9.17, 15) is 24.0 Å². The molecule has 0 aliphatic carbocycles. The molecule has 2 aliphatic rings. The number of β-lactam (4-membered cyclic amide) rings is 1. The van der Waals surface area contributed by atoms with Gasteiger partial charge in [-0.15, -0.1) is 23.1 Å². The summed E-state index contributed by atoms with van der Waals surface area (Å²) in [7, 11) is 0. The van der Waals surface area contributed by atoms with Gasteiger partial charge in [0.25, 0.3) is 11.8 Å². The van der Waals surface area contributed by atoms with E-state index in [0.717, 1.165) is 11.3 Å². The molecule has 158 valence electrons. The second-order valence-corrected chi connectivity index (χ2v) is 7.73. The molecule has 0 radical (unpaired) electrons. The van der Waals surface area contributed by atoms with E-state index in [-0.39, 0.29) is 27.9 Å². The number of rotatable bonds is 9. The van der Waals surface area contributed by atoms with Gasteiger partial charge in [-0.25, -0.2) is 14.6 Å². The zero-order chi connectivity index (χ0) is 21.8. The minimum absolute atomic E-state index is 0.000207. The Balaban J connectivity index is 1.75. The summed E-state index contributed by atoms with van der Waals surface area (Å²) in [6, 6.07) is -0.940. The number of aromatic nitrogens is 1. The number of hydrogen-bond donors (Lipinski definition) is 4. The van der Waals surface area contributed by atoms with Crippen molar-refractivity contribution in [3.05, 3.63) is 22.8 Å². The van der Waals surface area contributed by atoms with Gasteiger partial charge < -0.3 is 30.6 Å². The quantitative estimate of drug-likeness (QED) is 0.154. The van der Waals surface area contributed by atoms with Crippen LogP contribution in [-0.4, -0.2) is 79.7 Å². The molecule has 1 saturated heterocycles. The zero-order valence-corrected chi connectivity index (χ0v) is 16.4. The number of carbonyl (C=O) groups excluding carboxylic acids is 3. The van der Waals surface area contributed by atoms with Crippen LogP contribution < -0.4 is 10.6 Å². The highest BCUT2D eigenvalue weighted by Crippen LogP contribution is 2.36. The molecule has 30 heavy (non-hydrogen) atoms. The Morgan fingerprint density at radius 2 is 2.17 bits per heavy atom. The third-order valence-electron chi connectivity index (χ3n) is 3.83. The highest BCUT2D eigenvalue weighted by molar-refractivity contribution is 8.00. The molecule has 0 saturated carbocycles. The highest BCUT2D eigenvalue weighted by Gasteiger charge is 2.50. The van der Waals surface area contributed by atoms with Gasteiger partial charge in [0.05, 0.1) is 5.57 Å². The van der Waals surface area contributed by atoms with Gasteiger partial charge in [-0.3, -0.25) is 14.4 Å². The van der Waals surface area contributed by atoms with Crippen molar-refractivity contribution in [2.45, 2.75) is 11.4 Å². The summed E-state index contributed by atoms with van der Waals surface area (Å²) in [5, 5.41) is 27.1. The lowest BCUT2D eigenvalue weighted by Crippen LogP contribution is -2.69. The molecular weight excluding hydrogens is 442 g/mol. The van der Waals surface area contributed by atoms with Crippen molar-refractivity contribution < 1.29 is 39.0 Å². The van der Waals surface area contributed by atoms with Gasteiger partial charge in [-0.2, -0.15) is 0 Å². The molecule has 1 fully saturated rings. The number of carboxylic acid groups (broad SMARTS) is 2. The van der Waals surface area contributed by atoms with Crippen molar-refractivity contribution >= 4 is 64.1 Å². The van der Waals surface area contributed by atoms with Gasteiger partial charge in [0.1, 0.15) is 17.1 Å².